The third-order valence-corrected chi connectivity index (χ3v) is 5.05. The molecule has 6 heteroatoms. The zero-order valence-corrected chi connectivity index (χ0v) is 17.2. The van der Waals surface area contributed by atoms with E-state index in [1.165, 1.54) is 12.8 Å². The Morgan fingerprint density at radius 2 is 1.81 bits per heavy atom. The van der Waals surface area contributed by atoms with Crippen molar-refractivity contribution in [3.63, 3.8) is 0 Å². The molecule has 1 saturated carbocycles. The third-order valence-electron chi connectivity index (χ3n) is 4.84. The molecule has 0 saturated heterocycles. The fourth-order valence-electron chi connectivity index (χ4n) is 3.58. The van der Waals surface area contributed by atoms with Gasteiger partial charge < -0.3 is 15.5 Å². The van der Waals surface area contributed by atoms with Crippen LogP contribution in [0.25, 0.3) is 0 Å². The maximum Gasteiger partial charge on any atom is 0.253 e. The van der Waals surface area contributed by atoms with E-state index in [1.807, 2.05) is 23.1 Å². The zero-order chi connectivity index (χ0) is 19.6. The van der Waals surface area contributed by atoms with Gasteiger partial charge in [0, 0.05) is 30.8 Å². The molecule has 27 heavy (non-hydrogen) atoms. The molecule has 1 aliphatic rings. The minimum absolute atomic E-state index is 0.0264. The van der Waals surface area contributed by atoms with Crippen LogP contribution in [0.15, 0.2) is 24.3 Å². The molecule has 0 unspecified atom stereocenters. The summed E-state index contributed by atoms with van der Waals surface area (Å²) in [6.07, 6.45) is 7.08. The van der Waals surface area contributed by atoms with E-state index in [9.17, 15) is 9.59 Å². The molecule has 1 aromatic carbocycles. The van der Waals surface area contributed by atoms with Crippen LogP contribution in [0.1, 0.15) is 69.2 Å². The molecular formula is C21H31N3O2S. The van der Waals surface area contributed by atoms with E-state index < -0.39 is 0 Å². The second kappa shape index (κ2) is 11.0. The summed E-state index contributed by atoms with van der Waals surface area (Å²) in [6.45, 7) is 5.64. The summed E-state index contributed by atoms with van der Waals surface area (Å²) in [6, 6.07) is 7.27. The van der Waals surface area contributed by atoms with Crippen molar-refractivity contribution in [2.75, 3.05) is 18.4 Å². The fraction of sp³-hybridized carbons (Fsp3) is 0.571. The molecule has 0 bridgehead atoms. The van der Waals surface area contributed by atoms with Crippen molar-refractivity contribution >= 4 is 34.8 Å². The van der Waals surface area contributed by atoms with Crippen molar-refractivity contribution in [3.8, 4) is 0 Å². The number of anilines is 1. The van der Waals surface area contributed by atoms with E-state index in [2.05, 4.69) is 24.5 Å². The van der Waals surface area contributed by atoms with Crippen molar-refractivity contribution < 1.29 is 9.59 Å². The zero-order valence-electron chi connectivity index (χ0n) is 16.4. The van der Waals surface area contributed by atoms with Gasteiger partial charge in [-0.25, -0.2) is 0 Å². The predicted molar refractivity (Wildman–Crippen MR) is 114 cm³/mol. The first-order valence-electron chi connectivity index (χ1n) is 10.0. The first-order valence-corrected chi connectivity index (χ1v) is 10.4. The summed E-state index contributed by atoms with van der Waals surface area (Å²) in [7, 11) is 0. The van der Waals surface area contributed by atoms with Gasteiger partial charge in [-0.2, -0.15) is 0 Å². The number of carbonyl (C=O) groups is 2. The summed E-state index contributed by atoms with van der Waals surface area (Å²) < 4.78 is 0. The van der Waals surface area contributed by atoms with Crippen molar-refractivity contribution in [1.29, 1.82) is 0 Å². The van der Waals surface area contributed by atoms with E-state index in [-0.39, 0.29) is 16.9 Å². The molecule has 0 aromatic heterocycles. The van der Waals surface area contributed by atoms with E-state index in [1.54, 1.807) is 6.07 Å². The van der Waals surface area contributed by atoms with Crippen molar-refractivity contribution in [1.82, 2.24) is 10.2 Å². The van der Waals surface area contributed by atoms with E-state index in [4.69, 9.17) is 12.2 Å². The number of hydrogen-bond donors (Lipinski definition) is 2. The summed E-state index contributed by atoms with van der Waals surface area (Å²) in [5.74, 6) is 0.471. The first kappa shape index (κ1) is 21.4. The number of thiocarbonyl (C=S) groups is 1. The highest BCUT2D eigenvalue weighted by atomic mass is 32.1. The Labute approximate surface area is 167 Å². The van der Waals surface area contributed by atoms with Crippen molar-refractivity contribution in [2.24, 2.45) is 5.92 Å². The normalized spacial score (nSPS) is 14.0. The standard InChI is InChI=1S/C21H31N3O2S/c1-3-12-24(13-4-2)20(26)17-10-7-11-18(15-17)22-21(27)23-19(25)14-16-8-5-6-9-16/h7,10-11,15-16H,3-6,8-9,12-14H2,1-2H3,(H2,22,23,25,27). The Kier molecular flexibility index (Phi) is 8.72. The smallest absolute Gasteiger partial charge is 0.253 e. The van der Waals surface area contributed by atoms with E-state index in [0.29, 0.717) is 23.6 Å². The summed E-state index contributed by atoms with van der Waals surface area (Å²) >= 11 is 5.26. The number of nitrogens with one attached hydrogen (secondary N) is 2. The Morgan fingerprint density at radius 1 is 1.15 bits per heavy atom. The van der Waals surface area contributed by atoms with Gasteiger partial charge in [-0.1, -0.05) is 32.8 Å². The minimum atomic E-state index is -0.0382. The highest BCUT2D eigenvalue weighted by Gasteiger charge is 2.19. The first-order chi connectivity index (χ1) is 13.0. The number of rotatable bonds is 8. The van der Waals surface area contributed by atoms with E-state index >= 15 is 0 Å². The van der Waals surface area contributed by atoms with Gasteiger partial charge in [-0.15, -0.1) is 0 Å². The number of nitrogens with zero attached hydrogens (tertiary/aromatic N) is 1. The number of carbonyl (C=O) groups excluding carboxylic acids is 2. The van der Waals surface area contributed by atoms with Crippen LogP contribution in [-0.2, 0) is 4.79 Å². The SMILES string of the molecule is CCCN(CCC)C(=O)c1cccc(NC(=S)NC(=O)CC2CCCC2)c1. The molecule has 0 radical (unpaired) electrons. The second-order valence-electron chi connectivity index (χ2n) is 7.23. The van der Waals surface area contributed by atoms with Crippen LogP contribution in [0.5, 0.6) is 0 Å². The van der Waals surface area contributed by atoms with Crippen LogP contribution in [-0.4, -0.2) is 34.9 Å². The van der Waals surface area contributed by atoms with Crippen molar-refractivity contribution in [3.05, 3.63) is 29.8 Å². The van der Waals surface area contributed by atoms with Crippen LogP contribution < -0.4 is 10.6 Å². The highest BCUT2D eigenvalue weighted by molar-refractivity contribution is 7.80. The lowest BCUT2D eigenvalue weighted by atomic mass is 10.0. The van der Waals surface area contributed by atoms with Crippen LogP contribution in [0, 0.1) is 5.92 Å². The number of benzene rings is 1. The molecule has 0 spiro atoms. The molecule has 2 amide bonds. The maximum absolute atomic E-state index is 12.7. The maximum atomic E-state index is 12.7. The number of amides is 2. The monoisotopic (exact) mass is 389 g/mol. The molecule has 148 valence electrons. The summed E-state index contributed by atoms with van der Waals surface area (Å²) in [4.78, 5) is 26.7. The summed E-state index contributed by atoms with van der Waals surface area (Å²) in [5.41, 5.74) is 1.34. The molecule has 2 rings (SSSR count). The third kappa shape index (κ3) is 6.94. The lowest BCUT2D eigenvalue weighted by Gasteiger charge is -2.22. The summed E-state index contributed by atoms with van der Waals surface area (Å²) in [5, 5.41) is 6.06. The Morgan fingerprint density at radius 3 is 2.44 bits per heavy atom. The average molecular weight is 390 g/mol. The molecule has 1 aliphatic carbocycles. The van der Waals surface area contributed by atoms with Gasteiger partial charge in [0.2, 0.25) is 5.91 Å². The van der Waals surface area contributed by atoms with Crippen molar-refractivity contribution in [2.45, 2.75) is 58.8 Å². The van der Waals surface area contributed by atoms with Crippen LogP contribution in [0.3, 0.4) is 0 Å². The van der Waals surface area contributed by atoms with Gasteiger partial charge >= 0.3 is 0 Å². The van der Waals surface area contributed by atoms with Gasteiger partial charge in [-0.05, 0) is 62.0 Å². The molecule has 5 nitrogen and oxygen atoms in total. The molecule has 2 N–H and O–H groups in total. The second-order valence-corrected chi connectivity index (χ2v) is 7.64. The largest absolute Gasteiger partial charge is 0.339 e. The Balaban J connectivity index is 1.92. The molecule has 0 aliphatic heterocycles. The van der Waals surface area contributed by atoms with Gasteiger partial charge in [0.1, 0.15) is 0 Å². The Hall–Kier alpha value is -1.95. The van der Waals surface area contributed by atoms with Gasteiger partial charge in [0.25, 0.3) is 5.91 Å². The van der Waals surface area contributed by atoms with Gasteiger partial charge in [0.05, 0.1) is 0 Å². The number of hydrogen-bond acceptors (Lipinski definition) is 3. The predicted octanol–water partition coefficient (Wildman–Crippen LogP) is 4.34. The Bertz CT molecular complexity index is 651. The van der Waals surface area contributed by atoms with Crippen LogP contribution in [0.4, 0.5) is 5.69 Å². The topological polar surface area (TPSA) is 61.4 Å². The molecule has 0 atom stereocenters. The molecule has 1 fully saturated rings. The fourth-order valence-corrected chi connectivity index (χ4v) is 3.82. The van der Waals surface area contributed by atoms with E-state index in [0.717, 1.165) is 38.8 Å². The van der Waals surface area contributed by atoms with Gasteiger partial charge in [0.15, 0.2) is 5.11 Å². The lowest BCUT2D eigenvalue weighted by Crippen LogP contribution is -2.35. The molecular weight excluding hydrogens is 358 g/mol. The highest BCUT2D eigenvalue weighted by Crippen LogP contribution is 2.27. The average Bonchev–Trinajstić information content (AvgIpc) is 3.13. The molecule has 1 aromatic rings. The molecule has 0 heterocycles. The van der Waals surface area contributed by atoms with Crippen LogP contribution in [0.2, 0.25) is 0 Å². The minimum Gasteiger partial charge on any atom is -0.339 e. The van der Waals surface area contributed by atoms with Gasteiger partial charge in [-0.3, -0.25) is 9.59 Å². The quantitative estimate of drug-likeness (QED) is 0.649. The lowest BCUT2D eigenvalue weighted by molar-refractivity contribution is -0.120. The van der Waals surface area contributed by atoms with Crippen LogP contribution >= 0.6 is 12.2 Å².